The van der Waals surface area contributed by atoms with E-state index in [-0.39, 0.29) is 0 Å². The van der Waals surface area contributed by atoms with Crippen molar-refractivity contribution in [3.8, 4) is 22.3 Å². The van der Waals surface area contributed by atoms with E-state index in [0.29, 0.717) is 40.0 Å². The van der Waals surface area contributed by atoms with Crippen LogP contribution in [0.1, 0.15) is 55.4 Å². The number of rotatable bonds is 5. The van der Waals surface area contributed by atoms with Crippen molar-refractivity contribution in [1.82, 2.24) is 0 Å². The molecule has 2 heteroatoms. The number of allylic oxidation sites excluding steroid dienone is 4. The van der Waals surface area contributed by atoms with E-state index in [4.69, 9.17) is 0 Å². The lowest BCUT2D eigenvalue weighted by molar-refractivity contribution is 0.371. The minimum absolute atomic E-state index is 0.350. The van der Waals surface area contributed by atoms with E-state index in [9.17, 15) is 0 Å². The molecule has 0 fully saturated rings. The van der Waals surface area contributed by atoms with Crippen LogP contribution in [0, 0.1) is 44.2 Å². The van der Waals surface area contributed by atoms with Crippen molar-refractivity contribution in [2.24, 2.45) is 11.8 Å². The summed E-state index contributed by atoms with van der Waals surface area (Å²) in [5, 5.41) is 0. The Morgan fingerprint density at radius 2 is 1.24 bits per heavy atom. The van der Waals surface area contributed by atoms with Crippen LogP contribution in [0.15, 0.2) is 72.3 Å². The lowest BCUT2D eigenvalue weighted by Crippen LogP contribution is -2.17. The summed E-state index contributed by atoms with van der Waals surface area (Å²) in [6, 6.07) is 15.6. The predicted molar refractivity (Wildman–Crippen MR) is 140 cm³/mol. The molecule has 3 unspecified atom stereocenters. The third-order valence-corrected chi connectivity index (χ3v) is 7.79. The van der Waals surface area contributed by atoms with Gasteiger partial charge in [0.2, 0.25) is 0 Å². The Labute approximate surface area is 203 Å². The van der Waals surface area contributed by atoms with E-state index in [1.165, 1.54) is 11.1 Å². The zero-order chi connectivity index (χ0) is 24.6. The summed E-state index contributed by atoms with van der Waals surface area (Å²) in [5.41, 5.74) is 7.31. The van der Waals surface area contributed by atoms with Crippen molar-refractivity contribution in [3.63, 3.8) is 0 Å². The van der Waals surface area contributed by atoms with Crippen LogP contribution < -0.4 is 0 Å². The summed E-state index contributed by atoms with van der Waals surface area (Å²) in [6.45, 7) is 12.4. The molecule has 0 aliphatic heterocycles. The fraction of sp³-hybridized carbons (Fsp3) is 0.312. The van der Waals surface area contributed by atoms with E-state index in [1.54, 1.807) is 0 Å². The summed E-state index contributed by atoms with van der Waals surface area (Å²) >= 11 is 0. The quantitative estimate of drug-likeness (QED) is 0.358. The predicted octanol–water partition coefficient (Wildman–Crippen LogP) is 9.49. The Morgan fingerprint density at radius 1 is 0.735 bits per heavy atom. The van der Waals surface area contributed by atoms with Crippen LogP contribution in [0.2, 0.25) is 0 Å². The highest BCUT2D eigenvalue weighted by Crippen LogP contribution is 2.39. The van der Waals surface area contributed by atoms with Gasteiger partial charge in [0.25, 0.3) is 0 Å². The van der Waals surface area contributed by atoms with Gasteiger partial charge in [-0.2, -0.15) is 0 Å². The highest BCUT2D eigenvalue weighted by molar-refractivity contribution is 5.78. The molecule has 176 valence electrons. The Balaban J connectivity index is 1.65. The molecule has 3 aromatic rings. The van der Waals surface area contributed by atoms with Crippen molar-refractivity contribution < 1.29 is 8.78 Å². The van der Waals surface area contributed by atoms with E-state index >= 15 is 8.78 Å². The smallest absolute Gasteiger partial charge is 0.167 e. The maximum Gasteiger partial charge on any atom is 0.167 e. The Morgan fingerprint density at radius 3 is 1.71 bits per heavy atom. The monoisotopic (exact) mass is 456 g/mol. The molecule has 1 aliphatic rings. The van der Waals surface area contributed by atoms with Crippen LogP contribution in [0.25, 0.3) is 22.3 Å². The van der Waals surface area contributed by atoms with E-state index in [2.05, 4.69) is 51.1 Å². The summed E-state index contributed by atoms with van der Waals surface area (Å²) < 4.78 is 30.8. The van der Waals surface area contributed by atoms with Crippen LogP contribution in [-0.2, 0) is 0 Å². The van der Waals surface area contributed by atoms with Crippen LogP contribution in [-0.4, -0.2) is 0 Å². The van der Waals surface area contributed by atoms with Crippen molar-refractivity contribution in [2.45, 2.75) is 53.9 Å². The number of benzene rings is 3. The van der Waals surface area contributed by atoms with Gasteiger partial charge in [-0.25, -0.2) is 8.78 Å². The molecule has 0 N–H and O–H groups in total. The highest BCUT2D eigenvalue weighted by Gasteiger charge is 2.25. The van der Waals surface area contributed by atoms with Gasteiger partial charge in [0, 0.05) is 11.1 Å². The zero-order valence-electron chi connectivity index (χ0n) is 21.0. The fourth-order valence-corrected chi connectivity index (χ4v) is 5.09. The number of hydrogen-bond donors (Lipinski definition) is 0. The van der Waals surface area contributed by atoms with Gasteiger partial charge >= 0.3 is 0 Å². The van der Waals surface area contributed by atoms with Gasteiger partial charge in [-0.15, -0.1) is 0 Å². The third-order valence-electron chi connectivity index (χ3n) is 7.79. The molecular formula is C32H34F2. The Hall–Kier alpha value is -3.00. The second kappa shape index (κ2) is 9.70. The van der Waals surface area contributed by atoms with Gasteiger partial charge in [-0.1, -0.05) is 91.7 Å². The van der Waals surface area contributed by atoms with Crippen molar-refractivity contribution >= 4 is 0 Å². The molecule has 0 saturated heterocycles. The molecule has 0 saturated carbocycles. The maximum absolute atomic E-state index is 15.4. The van der Waals surface area contributed by atoms with Gasteiger partial charge < -0.3 is 0 Å². The van der Waals surface area contributed by atoms with E-state index in [1.807, 2.05) is 57.2 Å². The van der Waals surface area contributed by atoms with E-state index < -0.39 is 11.6 Å². The van der Waals surface area contributed by atoms with Gasteiger partial charge in [0.05, 0.1) is 0 Å². The zero-order valence-corrected chi connectivity index (χ0v) is 21.0. The first-order valence-electron chi connectivity index (χ1n) is 12.2. The topological polar surface area (TPSA) is 0 Å². The first-order valence-corrected chi connectivity index (χ1v) is 12.2. The highest BCUT2D eigenvalue weighted by atomic mass is 19.2. The number of halogens is 2. The molecule has 34 heavy (non-hydrogen) atoms. The molecule has 0 heterocycles. The molecule has 0 amide bonds. The molecule has 4 rings (SSSR count). The van der Waals surface area contributed by atoms with Crippen molar-refractivity contribution in [2.75, 3.05) is 0 Å². The van der Waals surface area contributed by atoms with Crippen LogP contribution in [0.3, 0.4) is 0 Å². The molecule has 1 aliphatic carbocycles. The van der Waals surface area contributed by atoms with Crippen LogP contribution in [0.5, 0.6) is 0 Å². The minimum Gasteiger partial charge on any atom is -0.203 e. The molecule has 0 bridgehead atoms. The average Bonchev–Trinajstić information content (AvgIpc) is 2.84. The van der Waals surface area contributed by atoms with Gasteiger partial charge in [0.1, 0.15) is 0 Å². The van der Waals surface area contributed by atoms with E-state index in [0.717, 1.165) is 23.1 Å². The standard InChI is InChI=1S/C32H34F2/c1-19-7-11-25(12-8-19)21(3)22(4)26-15-17-28(18-16-26)30-24(6)23(5)29(31(33)32(30)34)27-13-9-20(2)10-14-27/h7-11,13-18,21-22,25H,12H2,1-6H3. The molecule has 0 spiro atoms. The number of hydrogen-bond acceptors (Lipinski definition) is 0. The van der Waals surface area contributed by atoms with Gasteiger partial charge in [-0.05, 0) is 79.7 Å². The van der Waals surface area contributed by atoms with Crippen LogP contribution >= 0.6 is 0 Å². The third kappa shape index (κ3) is 4.51. The molecule has 0 aromatic heterocycles. The summed E-state index contributed by atoms with van der Waals surface area (Å²) in [5.74, 6) is -0.186. The minimum atomic E-state index is -0.777. The molecule has 0 nitrogen and oxygen atoms in total. The normalized spacial score (nSPS) is 17.4. The van der Waals surface area contributed by atoms with Crippen LogP contribution in [0.4, 0.5) is 8.78 Å². The molecular weight excluding hydrogens is 422 g/mol. The molecule has 3 aromatic carbocycles. The summed E-state index contributed by atoms with van der Waals surface area (Å²) in [7, 11) is 0. The second-order valence-electron chi connectivity index (χ2n) is 9.97. The largest absolute Gasteiger partial charge is 0.203 e. The van der Waals surface area contributed by atoms with Gasteiger partial charge in [-0.3, -0.25) is 0 Å². The second-order valence-corrected chi connectivity index (χ2v) is 9.97. The maximum atomic E-state index is 15.4. The molecule has 3 atom stereocenters. The SMILES string of the molecule is CC1=CCC(C(C)C(C)c2ccc(-c3c(C)c(C)c(-c4ccc(C)cc4)c(F)c3F)cc2)C=C1. The number of aryl methyl sites for hydroxylation is 1. The molecule has 0 radical (unpaired) electrons. The fourth-order valence-electron chi connectivity index (χ4n) is 5.09. The van der Waals surface area contributed by atoms with Crippen molar-refractivity contribution in [1.29, 1.82) is 0 Å². The average molecular weight is 457 g/mol. The lowest BCUT2D eigenvalue weighted by Gasteiger charge is -2.28. The summed E-state index contributed by atoms with van der Waals surface area (Å²) in [6.07, 6.45) is 7.91. The lowest BCUT2D eigenvalue weighted by atomic mass is 9.77. The Bertz CT molecular complexity index is 1210. The summed E-state index contributed by atoms with van der Waals surface area (Å²) in [4.78, 5) is 0. The van der Waals surface area contributed by atoms with Crippen molar-refractivity contribution in [3.05, 3.63) is 106 Å². The Kier molecular flexibility index (Phi) is 6.89. The van der Waals surface area contributed by atoms with Gasteiger partial charge in [0.15, 0.2) is 11.6 Å². The first kappa shape index (κ1) is 24.1. The first-order chi connectivity index (χ1) is 16.2.